The molecule has 22 heavy (non-hydrogen) atoms. The number of benzene rings is 1. The number of esters is 1. The molecule has 1 aromatic carbocycles. The molecule has 0 unspecified atom stereocenters. The van der Waals surface area contributed by atoms with Gasteiger partial charge in [0, 0.05) is 16.9 Å². The van der Waals surface area contributed by atoms with Gasteiger partial charge in [0.05, 0.1) is 12.9 Å². The normalized spacial score (nSPS) is 10.5. The zero-order valence-corrected chi connectivity index (χ0v) is 13.4. The fourth-order valence-electron chi connectivity index (χ4n) is 1.93. The molecule has 0 N–H and O–H groups in total. The SMILES string of the molecule is CCCC(=O)c1ccc(SCc2ccc(C(=O)OC)o2)cc1. The Morgan fingerprint density at radius 1 is 1.14 bits per heavy atom. The number of ketones is 1. The predicted molar refractivity (Wildman–Crippen MR) is 85.3 cm³/mol. The second-order valence-corrected chi connectivity index (χ2v) is 5.79. The fraction of sp³-hybridized carbons (Fsp3) is 0.294. The van der Waals surface area contributed by atoms with Gasteiger partial charge >= 0.3 is 5.97 Å². The van der Waals surface area contributed by atoms with Crippen LogP contribution in [0.3, 0.4) is 0 Å². The smallest absolute Gasteiger partial charge is 0.373 e. The minimum Gasteiger partial charge on any atom is -0.463 e. The summed E-state index contributed by atoms with van der Waals surface area (Å²) in [6, 6.07) is 10.9. The van der Waals surface area contributed by atoms with Crippen LogP contribution in [-0.4, -0.2) is 18.9 Å². The monoisotopic (exact) mass is 318 g/mol. The van der Waals surface area contributed by atoms with Gasteiger partial charge in [-0.15, -0.1) is 11.8 Å². The Labute approximate surface area is 133 Å². The van der Waals surface area contributed by atoms with E-state index < -0.39 is 5.97 Å². The Kier molecular flexibility index (Phi) is 5.83. The molecule has 2 rings (SSSR count). The van der Waals surface area contributed by atoms with Gasteiger partial charge in [-0.1, -0.05) is 19.1 Å². The van der Waals surface area contributed by atoms with Crippen molar-refractivity contribution in [1.29, 1.82) is 0 Å². The zero-order valence-electron chi connectivity index (χ0n) is 12.6. The molecule has 0 aliphatic rings. The largest absolute Gasteiger partial charge is 0.463 e. The third-order valence-corrected chi connectivity index (χ3v) is 4.12. The summed E-state index contributed by atoms with van der Waals surface area (Å²) in [4.78, 5) is 24.1. The van der Waals surface area contributed by atoms with Crippen LogP contribution >= 0.6 is 11.8 Å². The van der Waals surface area contributed by atoms with Gasteiger partial charge in [0.2, 0.25) is 5.76 Å². The molecule has 0 fully saturated rings. The lowest BCUT2D eigenvalue weighted by molar-refractivity contribution is 0.0563. The van der Waals surface area contributed by atoms with E-state index in [0.29, 0.717) is 17.9 Å². The van der Waals surface area contributed by atoms with E-state index in [0.717, 1.165) is 16.9 Å². The van der Waals surface area contributed by atoms with E-state index in [1.54, 1.807) is 23.9 Å². The molecule has 1 heterocycles. The molecule has 116 valence electrons. The van der Waals surface area contributed by atoms with E-state index in [-0.39, 0.29) is 11.5 Å². The maximum Gasteiger partial charge on any atom is 0.373 e. The predicted octanol–water partition coefficient (Wildman–Crippen LogP) is 4.34. The van der Waals surface area contributed by atoms with E-state index in [1.165, 1.54) is 7.11 Å². The minimum absolute atomic E-state index is 0.174. The Balaban J connectivity index is 1.93. The summed E-state index contributed by atoms with van der Waals surface area (Å²) in [5, 5.41) is 0. The van der Waals surface area contributed by atoms with Gasteiger partial charge in [-0.25, -0.2) is 4.79 Å². The van der Waals surface area contributed by atoms with Gasteiger partial charge in [0.1, 0.15) is 5.76 Å². The van der Waals surface area contributed by atoms with Gasteiger partial charge in [-0.3, -0.25) is 4.79 Å². The Morgan fingerprint density at radius 2 is 1.86 bits per heavy atom. The van der Waals surface area contributed by atoms with Crippen molar-refractivity contribution in [3.8, 4) is 0 Å². The lowest BCUT2D eigenvalue weighted by atomic mass is 10.1. The summed E-state index contributed by atoms with van der Waals surface area (Å²) in [7, 11) is 1.32. The highest BCUT2D eigenvalue weighted by molar-refractivity contribution is 7.98. The maximum absolute atomic E-state index is 11.8. The van der Waals surface area contributed by atoms with Crippen LogP contribution in [0.1, 0.15) is 46.4 Å². The van der Waals surface area contributed by atoms with Crippen LogP contribution in [-0.2, 0) is 10.5 Å². The standard InChI is InChI=1S/C17H18O4S/c1-3-4-15(18)12-5-8-14(9-6-12)22-11-13-7-10-16(21-13)17(19)20-2/h5-10H,3-4,11H2,1-2H3. The Bertz CT molecular complexity index is 643. The van der Waals surface area contributed by atoms with Gasteiger partial charge < -0.3 is 9.15 Å². The molecule has 0 atom stereocenters. The summed E-state index contributed by atoms with van der Waals surface area (Å²) in [6.45, 7) is 1.99. The minimum atomic E-state index is -0.477. The molecule has 0 radical (unpaired) electrons. The molecular formula is C17H18O4S. The van der Waals surface area contributed by atoms with Gasteiger partial charge in [-0.2, -0.15) is 0 Å². The van der Waals surface area contributed by atoms with Crippen molar-refractivity contribution in [2.24, 2.45) is 0 Å². The molecule has 0 saturated carbocycles. The van der Waals surface area contributed by atoms with Crippen LogP contribution in [0.5, 0.6) is 0 Å². The second kappa shape index (κ2) is 7.84. The number of carbonyl (C=O) groups excluding carboxylic acids is 2. The number of hydrogen-bond acceptors (Lipinski definition) is 5. The van der Waals surface area contributed by atoms with Crippen LogP contribution in [0.15, 0.2) is 45.7 Å². The molecule has 1 aromatic heterocycles. The van der Waals surface area contributed by atoms with Crippen molar-refractivity contribution < 1.29 is 18.7 Å². The molecule has 5 heteroatoms. The average molecular weight is 318 g/mol. The lowest BCUT2D eigenvalue weighted by Crippen LogP contribution is -1.98. The molecule has 4 nitrogen and oxygen atoms in total. The summed E-state index contributed by atoms with van der Waals surface area (Å²) in [6.07, 6.45) is 1.44. The molecule has 0 aliphatic carbocycles. The molecule has 0 spiro atoms. The number of methoxy groups -OCH3 is 1. The summed E-state index contributed by atoms with van der Waals surface area (Å²) in [5.41, 5.74) is 0.747. The Morgan fingerprint density at radius 3 is 2.50 bits per heavy atom. The van der Waals surface area contributed by atoms with Crippen molar-refractivity contribution >= 4 is 23.5 Å². The highest BCUT2D eigenvalue weighted by Crippen LogP contribution is 2.24. The van der Waals surface area contributed by atoms with Crippen LogP contribution in [0.4, 0.5) is 0 Å². The first kappa shape index (κ1) is 16.4. The molecule has 0 amide bonds. The highest BCUT2D eigenvalue weighted by Gasteiger charge is 2.11. The molecule has 0 bridgehead atoms. The number of ether oxygens (including phenoxy) is 1. The van der Waals surface area contributed by atoms with Crippen molar-refractivity contribution in [2.75, 3.05) is 7.11 Å². The fourth-order valence-corrected chi connectivity index (χ4v) is 2.72. The highest BCUT2D eigenvalue weighted by atomic mass is 32.2. The number of carbonyl (C=O) groups is 2. The van der Waals surface area contributed by atoms with Crippen LogP contribution < -0.4 is 0 Å². The van der Waals surface area contributed by atoms with Crippen LogP contribution in [0.25, 0.3) is 0 Å². The summed E-state index contributed by atoms with van der Waals surface area (Å²) < 4.78 is 10.00. The maximum atomic E-state index is 11.8. The molecular weight excluding hydrogens is 300 g/mol. The second-order valence-electron chi connectivity index (χ2n) is 4.74. The van der Waals surface area contributed by atoms with E-state index in [2.05, 4.69) is 4.74 Å². The van der Waals surface area contributed by atoms with E-state index in [4.69, 9.17) is 4.42 Å². The van der Waals surface area contributed by atoms with Crippen LogP contribution in [0.2, 0.25) is 0 Å². The van der Waals surface area contributed by atoms with Crippen molar-refractivity contribution in [3.05, 3.63) is 53.5 Å². The van der Waals surface area contributed by atoms with E-state index >= 15 is 0 Å². The van der Waals surface area contributed by atoms with Crippen LogP contribution in [0, 0.1) is 0 Å². The molecule has 0 saturated heterocycles. The van der Waals surface area contributed by atoms with Gasteiger partial charge in [0.15, 0.2) is 5.78 Å². The van der Waals surface area contributed by atoms with E-state index in [9.17, 15) is 9.59 Å². The van der Waals surface area contributed by atoms with Crippen molar-refractivity contribution in [3.63, 3.8) is 0 Å². The topological polar surface area (TPSA) is 56.5 Å². The lowest BCUT2D eigenvalue weighted by Gasteiger charge is -2.02. The van der Waals surface area contributed by atoms with E-state index in [1.807, 2.05) is 31.2 Å². The number of furan rings is 1. The third kappa shape index (κ3) is 4.24. The summed E-state index contributed by atoms with van der Waals surface area (Å²) in [5.74, 6) is 1.22. The summed E-state index contributed by atoms with van der Waals surface area (Å²) >= 11 is 1.58. The molecule has 0 aliphatic heterocycles. The first-order valence-corrected chi connectivity index (χ1v) is 8.05. The molecule has 2 aromatic rings. The van der Waals surface area contributed by atoms with Gasteiger partial charge in [0.25, 0.3) is 0 Å². The first-order chi connectivity index (χ1) is 10.6. The number of rotatable bonds is 7. The number of Topliss-reactive ketones (excluding diaryl/α,β-unsaturated/α-hetero) is 1. The number of thioether (sulfide) groups is 1. The van der Waals surface area contributed by atoms with Crippen molar-refractivity contribution in [1.82, 2.24) is 0 Å². The first-order valence-electron chi connectivity index (χ1n) is 7.07. The quantitative estimate of drug-likeness (QED) is 0.432. The zero-order chi connectivity index (χ0) is 15.9. The average Bonchev–Trinajstić information content (AvgIpc) is 3.02. The van der Waals surface area contributed by atoms with Crippen molar-refractivity contribution in [2.45, 2.75) is 30.4 Å². The third-order valence-electron chi connectivity index (χ3n) is 3.08. The Hall–Kier alpha value is -2.01. The van der Waals surface area contributed by atoms with Gasteiger partial charge in [-0.05, 0) is 30.7 Å². The number of hydrogen-bond donors (Lipinski definition) is 0.